The van der Waals surface area contributed by atoms with Crippen LogP contribution in [0.1, 0.15) is 5.56 Å². The van der Waals surface area contributed by atoms with Crippen molar-refractivity contribution in [1.82, 2.24) is 0 Å². The van der Waals surface area contributed by atoms with Crippen LogP contribution < -0.4 is 14.2 Å². The molecule has 0 aliphatic rings. The Morgan fingerprint density at radius 2 is 1.55 bits per heavy atom. The number of ether oxygens (including phenoxy) is 3. The zero-order chi connectivity index (χ0) is 15.7. The summed E-state index contributed by atoms with van der Waals surface area (Å²) in [5.41, 5.74) is 0.631. The highest BCUT2D eigenvalue weighted by Crippen LogP contribution is 2.45. The third-order valence-electron chi connectivity index (χ3n) is 3.75. The van der Waals surface area contributed by atoms with Gasteiger partial charge >= 0.3 is 0 Å². The maximum atomic E-state index is 9.05. The van der Waals surface area contributed by atoms with Crippen LogP contribution in [-0.4, -0.2) is 21.3 Å². The summed E-state index contributed by atoms with van der Waals surface area (Å²) in [6.45, 7) is 0. The van der Waals surface area contributed by atoms with E-state index in [2.05, 4.69) is 6.07 Å². The molecule has 0 radical (unpaired) electrons. The molecule has 3 aromatic carbocycles. The van der Waals surface area contributed by atoms with E-state index >= 15 is 0 Å². The molecule has 0 amide bonds. The number of hydrogen-bond donors (Lipinski definition) is 0. The lowest BCUT2D eigenvalue weighted by molar-refractivity contribution is 0.327. The van der Waals surface area contributed by atoms with E-state index in [0.717, 1.165) is 21.5 Å². The summed E-state index contributed by atoms with van der Waals surface area (Å²) < 4.78 is 16.4. The number of nitrogens with zero attached hydrogens (tertiary/aromatic N) is 1. The third kappa shape index (κ3) is 1.99. The van der Waals surface area contributed by atoms with Crippen molar-refractivity contribution in [2.75, 3.05) is 21.3 Å². The van der Waals surface area contributed by atoms with Crippen molar-refractivity contribution in [2.24, 2.45) is 0 Å². The predicted molar refractivity (Wildman–Crippen MR) is 85.8 cm³/mol. The highest BCUT2D eigenvalue weighted by molar-refractivity contribution is 6.12. The van der Waals surface area contributed by atoms with Gasteiger partial charge in [0.15, 0.2) is 11.5 Å². The van der Waals surface area contributed by atoms with Gasteiger partial charge in [0.1, 0.15) is 0 Å². The Kier molecular flexibility index (Phi) is 3.48. The zero-order valence-electron chi connectivity index (χ0n) is 12.6. The smallest absolute Gasteiger partial charge is 0.203 e. The third-order valence-corrected chi connectivity index (χ3v) is 3.75. The van der Waals surface area contributed by atoms with Crippen molar-refractivity contribution in [2.45, 2.75) is 0 Å². The number of hydrogen-bond acceptors (Lipinski definition) is 4. The second kappa shape index (κ2) is 5.45. The summed E-state index contributed by atoms with van der Waals surface area (Å²) in [6, 6.07) is 13.7. The first-order valence-electron chi connectivity index (χ1n) is 6.79. The summed E-state index contributed by atoms with van der Waals surface area (Å²) in [4.78, 5) is 0. The predicted octanol–water partition coefficient (Wildman–Crippen LogP) is 3.89. The van der Waals surface area contributed by atoms with E-state index < -0.39 is 0 Å². The molecule has 0 aliphatic heterocycles. The van der Waals surface area contributed by atoms with Crippen LogP contribution >= 0.6 is 0 Å². The quantitative estimate of drug-likeness (QED) is 0.687. The molecular weight excluding hydrogens is 278 g/mol. The van der Waals surface area contributed by atoms with Gasteiger partial charge in [-0.2, -0.15) is 5.26 Å². The summed E-state index contributed by atoms with van der Waals surface area (Å²) in [7, 11) is 4.80. The fourth-order valence-electron chi connectivity index (χ4n) is 2.76. The van der Waals surface area contributed by atoms with Gasteiger partial charge in [-0.05, 0) is 34.4 Å². The SMILES string of the molecule is COc1cc2ccc3cc(C#N)ccc3c2c(OC)c1OC. The van der Waals surface area contributed by atoms with Crippen LogP contribution in [0.15, 0.2) is 36.4 Å². The molecule has 0 heterocycles. The summed E-state index contributed by atoms with van der Waals surface area (Å²) in [5.74, 6) is 1.82. The minimum atomic E-state index is 0.564. The van der Waals surface area contributed by atoms with Gasteiger partial charge in [-0.3, -0.25) is 0 Å². The van der Waals surface area contributed by atoms with Crippen molar-refractivity contribution < 1.29 is 14.2 Å². The Balaban J connectivity index is 2.49. The first-order valence-corrected chi connectivity index (χ1v) is 6.79. The van der Waals surface area contributed by atoms with Crippen molar-refractivity contribution in [3.8, 4) is 23.3 Å². The molecule has 3 aromatic rings. The van der Waals surface area contributed by atoms with Crippen molar-refractivity contribution in [3.05, 3.63) is 42.0 Å². The van der Waals surface area contributed by atoms with E-state index in [4.69, 9.17) is 19.5 Å². The molecule has 4 nitrogen and oxygen atoms in total. The zero-order valence-corrected chi connectivity index (χ0v) is 12.6. The van der Waals surface area contributed by atoms with E-state index in [1.807, 2.05) is 30.3 Å². The molecule has 0 unspecified atom stereocenters. The standard InChI is InChI=1S/C18H15NO3/c1-20-15-9-13-6-5-12-8-11(10-19)4-7-14(12)16(13)18(22-3)17(15)21-2/h4-9H,1-3H3. The van der Waals surface area contributed by atoms with Gasteiger partial charge in [-0.15, -0.1) is 0 Å². The van der Waals surface area contributed by atoms with Crippen LogP contribution in [-0.2, 0) is 0 Å². The highest BCUT2D eigenvalue weighted by Gasteiger charge is 2.17. The first-order chi connectivity index (χ1) is 10.7. The second-order valence-corrected chi connectivity index (χ2v) is 4.86. The minimum absolute atomic E-state index is 0.564. The van der Waals surface area contributed by atoms with Gasteiger partial charge in [0, 0.05) is 5.39 Å². The molecule has 0 fully saturated rings. The Morgan fingerprint density at radius 1 is 0.818 bits per heavy atom. The molecule has 0 aliphatic carbocycles. The average Bonchev–Trinajstić information content (AvgIpc) is 2.58. The molecule has 22 heavy (non-hydrogen) atoms. The fourth-order valence-corrected chi connectivity index (χ4v) is 2.76. The van der Waals surface area contributed by atoms with Crippen LogP contribution in [0.25, 0.3) is 21.5 Å². The molecule has 0 spiro atoms. The van der Waals surface area contributed by atoms with Gasteiger partial charge in [-0.1, -0.05) is 18.2 Å². The Hall–Kier alpha value is -2.93. The lowest BCUT2D eigenvalue weighted by Crippen LogP contribution is -1.96. The molecule has 0 atom stereocenters. The van der Waals surface area contributed by atoms with E-state index in [-0.39, 0.29) is 0 Å². The van der Waals surface area contributed by atoms with Gasteiger partial charge in [0.25, 0.3) is 0 Å². The van der Waals surface area contributed by atoms with Gasteiger partial charge in [0.05, 0.1) is 33.0 Å². The normalized spacial score (nSPS) is 10.5. The molecule has 3 rings (SSSR count). The number of fused-ring (bicyclic) bond motifs is 3. The minimum Gasteiger partial charge on any atom is -0.493 e. The number of methoxy groups -OCH3 is 3. The molecule has 4 heteroatoms. The van der Waals surface area contributed by atoms with Gasteiger partial charge in [-0.25, -0.2) is 0 Å². The number of nitriles is 1. The second-order valence-electron chi connectivity index (χ2n) is 4.86. The van der Waals surface area contributed by atoms with Crippen molar-refractivity contribution in [1.29, 1.82) is 5.26 Å². The summed E-state index contributed by atoms with van der Waals surface area (Å²) in [6.07, 6.45) is 0. The van der Waals surface area contributed by atoms with Crippen molar-refractivity contribution in [3.63, 3.8) is 0 Å². The van der Waals surface area contributed by atoms with Gasteiger partial charge in [0.2, 0.25) is 5.75 Å². The van der Waals surface area contributed by atoms with E-state index in [0.29, 0.717) is 22.8 Å². The van der Waals surface area contributed by atoms with Crippen molar-refractivity contribution >= 4 is 21.5 Å². The van der Waals surface area contributed by atoms with Crippen LogP contribution in [0.3, 0.4) is 0 Å². The lowest BCUT2D eigenvalue weighted by atomic mass is 9.99. The topological polar surface area (TPSA) is 51.5 Å². The number of benzene rings is 3. The van der Waals surface area contributed by atoms with E-state index in [9.17, 15) is 0 Å². The van der Waals surface area contributed by atoms with Crippen LogP contribution in [0, 0.1) is 11.3 Å². The fraction of sp³-hybridized carbons (Fsp3) is 0.167. The van der Waals surface area contributed by atoms with E-state index in [1.54, 1.807) is 27.4 Å². The molecule has 0 saturated heterocycles. The molecular formula is C18H15NO3. The van der Waals surface area contributed by atoms with Crippen LogP contribution in [0.4, 0.5) is 0 Å². The van der Waals surface area contributed by atoms with Crippen LogP contribution in [0.2, 0.25) is 0 Å². The lowest BCUT2D eigenvalue weighted by Gasteiger charge is -2.16. The van der Waals surface area contributed by atoms with Crippen LogP contribution in [0.5, 0.6) is 17.2 Å². The number of rotatable bonds is 3. The average molecular weight is 293 g/mol. The molecule has 0 saturated carbocycles. The molecule has 0 N–H and O–H groups in total. The maximum Gasteiger partial charge on any atom is 0.203 e. The maximum absolute atomic E-state index is 9.05. The van der Waals surface area contributed by atoms with Gasteiger partial charge < -0.3 is 14.2 Å². The Labute approximate surface area is 128 Å². The highest BCUT2D eigenvalue weighted by atomic mass is 16.5. The first kappa shape index (κ1) is 14.0. The summed E-state index contributed by atoms with van der Waals surface area (Å²) in [5, 5.41) is 13.0. The molecule has 110 valence electrons. The Bertz CT molecular complexity index is 910. The molecule has 0 bridgehead atoms. The van der Waals surface area contributed by atoms with E-state index in [1.165, 1.54) is 0 Å². The largest absolute Gasteiger partial charge is 0.493 e. The summed E-state index contributed by atoms with van der Waals surface area (Å²) >= 11 is 0. The molecule has 0 aromatic heterocycles. The monoisotopic (exact) mass is 293 g/mol. The Morgan fingerprint density at radius 3 is 2.18 bits per heavy atom.